The average molecular weight is 230 g/mol. The van der Waals surface area contributed by atoms with Gasteiger partial charge in [0, 0.05) is 32.8 Å². The smallest absolute Gasteiger partial charge is 0.0594 e. The molecule has 0 aliphatic carbocycles. The fourth-order valence-corrected chi connectivity index (χ4v) is 1.70. The lowest BCUT2D eigenvalue weighted by Crippen LogP contribution is -2.40. The fourth-order valence-electron chi connectivity index (χ4n) is 1.70. The van der Waals surface area contributed by atoms with E-state index < -0.39 is 0 Å². The van der Waals surface area contributed by atoms with Crippen molar-refractivity contribution in [3.8, 4) is 0 Å². The second-order valence-electron chi connectivity index (χ2n) is 4.48. The predicted molar refractivity (Wildman–Crippen MR) is 65.8 cm³/mol. The Labute approximate surface area is 99.3 Å². The van der Waals surface area contributed by atoms with Gasteiger partial charge in [0.15, 0.2) is 0 Å². The number of rotatable bonds is 8. The zero-order valence-electron chi connectivity index (χ0n) is 10.7. The zero-order chi connectivity index (χ0) is 11.6. The summed E-state index contributed by atoms with van der Waals surface area (Å²) in [6, 6.07) is 0. The molecular formula is C12H26N2O2. The molecule has 16 heavy (non-hydrogen) atoms. The quantitative estimate of drug-likeness (QED) is 0.623. The van der Waals surface area contributed by atoms with E-state index in [0.717, 1.165) is 59.0 Å². The minimum Gasteiger partial charge on any atom is -0.379 e. The van der Waals surface area contributed by atoms with Gasteiger partial charge in [-0.1, -0.05) is 0 Å². The van der Waals surface area contributed by atoms with Crippen LogP contribution in [0.1, 0.15) is 20.3 Å². The highest BCUT2D eigenvalue weighted by Crippen LogP contribution is 1.94. The summed E-state index contributed by atoms with van der Waals surface area (Å²) in [5.74, 6) is 0. The van der Waals surface area contributed by atoms with Gasteiger partial charge in [0.05, 0.1) is 19.3 Å². The minimum atomic E-state index is 0.355. The van der Waals surface area contributed by atoms with Crippen molar-refractivity contribution in [1.82, 2.24) is 10.2 Å². The van der Waals surface area contributed by atoms with E-state index in [1.807, 2.05) is 0 Å². The second kappa shape index (κ2) is 8.93. The molecular weight excluding hydrogens is 204 g/mol. The maximum atomic E-state index is 5.47. The van der Waals surface area contributed by atoms with Gasteiger partial charge in [0.25, 0.3) is 0 Å². The predicted octanol–water partition coefficient (Wildman–Crippen LogP) is 0.723. The molecule has 1 saturated heterocycles. The first-order valence-electron chi connectivity index (χ1n) is 6.41. The van der Waals surface area contributed by atoms with Crippen molar-refractivity contribution < 1.29 is 9.47 Å². The van der Waals surface area contributed by atoms with Crippen molar-refractivity contribution in [2.24, 2.45) is 0 Å². The molecule has 0 saturated carbocycles. The number of hydrogen-bond donors (Lipinski definition) is 1. The number of nitrogens with zero attached hydrogens (tertiary/aromatic N) is 1. The highest BCUT2D eigenvalue weighted by Gasteiger charge is 2.08. The Kier molecular flexibility index (Phi) is 7.76. The van der Waals surface area contributed by atoms with Crippen molar-refractivity contribution in [2.75, 3.05) is 52.5 Å². The number of ether oxygens (including phenoxy) is 2. The monoisotopic (exact) mass is 230 g/mol. The van der Waals surface area contributed by atoms with E-state index in [1.165, 1.54) is 0 Å². The molecule has 0 aromatic heterocycles. The average Bonchev–Trinajstić information content (AvgIpc) is 2.29. The van der Waals surface area contributed by atoms with E-state index >= 15 is 0 Å². The van der Waals surface area contributed by atoms with Gasteiger partial charge >= 0.3 is 0 Å². The molecule has 1 aliphatic rings. The van der Waals surface area contributed by atoms with Gasteiger partial charge in [-0.25, -0.2) is 0 Å². The maximum absolute atomic E-state index is 5.47. The Hall–Kier alpha value is -0.160. The van der Waals surface area contributed by atoms with Crippen LogP contribution in [0.15, 0.2) is 0 Å². The van der Waals surface area contributed by atoms with Crippen molar-refractivity contribution in [3.63, 3.8) is 0 Å². The Balaban J connectivity index is 1.80. The van der Waals surface area contributed by atoms with Gasteiger partial charge in [0.2, 0.25) is 0 Å². The van der Waals surface area contributed by atoms with Crippen molar-refractivity contribution >= 4 is 0 Å². The van der Waals surface area contributed by atoms with Crippen LogP contribution in [-0.2, 0) is 9.47 Å². The molecule has 1 aliphatic heterocycles. The molecule has 0 bridgehead atoms. The molecule has 0 spiro atoms. The lowest BCUT2D eigenvalue weighted by Gasteiger charge is -2.26. The summed E-state index contributed by atoms with van der Waals surface area (Å²) in [4.78, 5) is 2.45. The minimum absolute atomic E-state index is 0.355. The van der Waals surface area contributed by atoms with Crippen LogP contribution in [0.3, 0.4) is 0 Å². The van der Waals surface area contributed by atoms with Crippen LogP contribution < -0.4 is 5.32 Å². The van der Waals surface area contributed by atoms with E-state index in [-0.39, 0.29) is 0 Å². The first kappa shape index (κ1) is 13.9. The molecule has 1 N–H and O–H groups in total. The Bertz CT molecular complexity index is 159. The third kappa shape index (κ3) is 7.17. The first-order valence-corrected chi connectivity index (χ1v) is 6.41. The standard InChI is InChI=1S/C12H26N2O2/c1-12(2)16-9-3-4-13-5-6-14-7-10-15-11-8-14/h12-13H,3-11H2,1-2H3. The van der Waals surface area contributed by atoms with Crippen LogP contribution in [0.4, 0.5) is 0 Å². The summed E-state index contributed by atoms with van der Waals surface area (Å²) in [6.45, 7) is 12.2. The third-order valence-electron chi connectivity index (χ3n) is 2.66. The topological polar surface area (TPSA) is 33.7 Å². The summed E-state index contributed by atoms with van der Waals surface area (Å²) in [5, 5.41) is 3.44. The molecule has 0 aromatic carbocycles. The fraction of sp³-hybridized carbons (Fsp3) is 1.00. The summed E-state index contributed by atoms with van der Waals surface area (Å²) >= 11 is 0. The van der Waals surface area contributed by atoms with Gasteiger partial charge in [-0.3, -0.25) is 4.90 Å². The summed E-state index contributed by atoms with van der Waals surface area (Å²) in [5.41, 5.74) is 0. The summed E-state index contributed by atoms with van der Waals surface area (Å²) in [6.07, 6.45) is 1.45. The molecule has 0 amide bonds. The molecule has 0 radical (unpaired) electrons. The van der Waals surface area contributed by atoms with Crippen molar-refractivity contribution in [1.29, 1.82) is 0 Å². The molecule has 1 rings (SSSR count). The van der Waals surface area contributed by atoms with Gasteiger partial charge in [-0.15, -0.1) is 0 Å². The molecule has 1 fully saturated rings. The second-order valence-corrected chi connectivity index (χ2v) is 4.48. The van der Waals surface area contributed by atoms with E-state index in [2.05, 4.69) is 24.1 Å². The first-order chi connectivity index (χ1) is 7.79. The molecule has 96 valence electrons. The van der Waals surface area contributed by atoms with Crippen LogP contribution in [0.2, 0.25) is 0 Å². The summed E-state index contributed by atoms with van der Waals surface area (Å²) < 4.78 is 10.8. The summed E-state index contributed by atoms with van der Waals surface area (Å²) in [7, 11) is 0. The lowest BCUT2D eigenvalue weighted by atomic mass is 10.4. The lowest BCUT2D eigenvalue weighted by molar-refractivity contribution is 0.0382. The van der Waals surface area contributed by atoms with Crippen LogP contribution >= 0.6 is 0 Å². The number of nitrogens with one attached hydrogen (secondary N) is 1. The van der Waals surface area contributed by atoms with Crippen molar-refractivity contribution in [3.05, 3.63) is 0 Å². The molecule has 0 unspecified atom stereocenters. The van der Waals surface area contributed by atoms with E-state index in [0.29, 0.717) is 6.10 Å². The van der Waals surface area contributed by atoms with Crippen LogP contribution in [0, 0.1) is 0 Å². The maximum Gasteiger partial charge on any atom is 0.0594 e. The highest BCUT2D eigenvalue weighted by atomic mass is 16.5. The van der Waals surface area contributed by atoms with Gasteiger partial charge in [-0.05, 0) is 26.8 Å². The van der Waals surface area contributed by atoms with E-state index in [4.69, 9.17) is 9.47 Å². The van der Waals surface area contributed by atoms with Crippen LogP contribution in [-0.4, -0.2) is 63.5 Å². The normalized spacial score (nSPS) is 18.2. The van der Waals surface area contributed by atoms with E-state index in [9.17, 15) is 0 Å². The van der Waals surface area contributed by atoms with Gasteiger partial charge < -0.3 is 14.8 Å². The third-order valence-corrected chi connectivity index (χ3v) is 2.66. The molecule has 4 nitrogen and oxygen atoms in total. The van der Waals surface area contributed by atoms with Crippen LogP contribution in [0.5, 0.6) is 0 Å². The Morgan fingerprint density at radius 3 is 2.69 bits per heavy atom. The van der Waals surface area contributed by atoms with E-state index in [1.54, 1.807) is 0 Å². The molecule has 0 atom stereocenters. The van der Waals surface area contributed by atoms with Crippen LogP contribution in [0.25, 0.3) is 0 Å². The zero-order valence-corrected chi connectivity index (χ0v) is 10.7. The number of hydrogen-bond acceptors (Lipinski definition) is 4. The molecule has 1 heterocycles. The largest absolute Gasteiger partial charge is 0.379 e. The number of morpholine rings is 1. The van der Waals surface area contributed by atoms with Gasteiger partial charge in [0.1, 0.15) is 0 Å². The van der Waals surface area contributed by atoms with Gasteiger partial charge in [-0.2, -0.15) is 0 Å². The highest BCUT2D eigenvalue weighted by molar-refractivity contribution is 4.63. The molecule has 4 heteroatoms. The van der Waals surface area contributed by atoms with Crippen molar-refractivity contribution in [2.45, 2.75) is 26.4 Å². The Morgan fingerprint density at radius 2 is 2.00 bits per heavy atom. The SMILES string of the molecule is CC(C)OCCCNCCN1CCOCC1. The molecule has 0 aromatic rings. The Morgan fingerprint density at radius 1 is 1.25 bits per heavy atom.